The van der Waals surface area contributed by atoms with E-state index in [1.54, 1.807) is 6.92 Å². The van der Waals surface area contributed by atoms with Crippen molar-refractivity contribution in [2.75, 3.05) is 32.8 Å². The second-order valence-electron chi connectivity index (χ2n) is 5.34. The van der Waals surface area contributed by atoms with Gasteiger partial charge in [0.25, 0.3) is 0 Å². The van der Waals surface area contributed by atoms with Crippen LogP contribution >= 0.6 is 0 Å². The number of hydrogen-bond donors (Lipinski definition) is 0. The number of nitrogens with zero attached hydrogens (tertiary/aromatic N) is 1. The maximum atomic E-state index is 11.9. The van der Waals surface area contributed by atoms with Gasteiger partial charge in [-0.25, -0.2) is 0 Å². The van der Waals surface area contributed by atoms with Crippen LogP contribution in [0.5, 0.6) is 0 Å². The Morgan fingerprint density at radius 2 is 2.00 bits per heavy atom. The Bertz CT molecular complexity index is 405. The molecule has 0 aromatic heterocycles. The highest BCUT2D eigenvalue weighted by atomic mass is 16.5. The lowest BCUT2D eigenvalue weighted by molar-refractivity contribution is -0.118. The Morgan fingerprint density at radius 1 is 1.26 bits per heavy atom. The van der Waals surface area contributed by atoms with E-state index in [0.29, 0.717) is 0 Å². The number of carbonyl (C=O) groups is 1. The van der Waals surface area contributed by atoms with E-state index in [4.69, 9.17) is 4.74 Å². The molecule has 19 heavy (non-hydrogen) atoms. The first-order valence-electron chi connectivity index (χ1n) is 7.04. The van der Waals surface area contributed by atoms with Crippen molar-refractivity contribution in [3.05, 3.63) is 35.4 Å². The van der Waals surface area contributed by atoms with E-state index in [2.05, 4.69) is 36.1 Å². The third-order valence-electron chi connectivity index (χ3n) is 3.73. The number of aryl methyl sites for hydroxylation is 1. The van der Waals surface area contributed by atoms with Crippen molar-refractivity contribution in [3.8, 4) is 0 Å². The fourth-order valence-corrected chi connectivity index (χ4v) is 2.51. The highest BCUT2D eigenvalue weighted by molar-refractivity contribution is 5.83. The molecule has 0 radical (unpaired) electrons. The Labute approximate surface area is 115 Å². The quantitative estimate of drug-likeness (QED) is 0.833. The van der Waals surface area contributed by atoms with Crippen molar-refractivity contribution in [2.24, 2.45) is 0 Å². The van der Waals surface area contributed by atoms with E-state index in [1.807, 2.05) is 0 Å². The van der Waals surface area contributed by atoms with E-state index < -0.39 is 0 Å². The Hall–Kier alpha value is -1.19. The van der Waals surface area contributed by atoms with Gasteiger partial charge < -0.3 is 4.74 Å². The summed E-state index contributed by atoms with van der Waals surface area (Å²) in [6.45, 7) is 8.13. The van der Waals surface area contributed by atoms with Gasteiger partial charge in [-0.1, -0.05) is 29.8 Å². The van der Waals surface area contributed by atoms with Gasteiger partial charge in [-0.15, -0.1) is 0 Å². The minimum atomic E-state index is -0.0151. The molecule has 1 heterocycles. The first-order valence-corrected chi connectivity index (χ1v) is 7.04. The predicted molar refractivity (Wildman–Crippen MR) is 76.5 cm³/mol. The van der Waals surface area contributed by atoms with Gasteiger partial charge in [0.2, 0.25) is 0 Å². The lowest BCUT2D eigenvalue weighted by Crippen LogP contribution is -2.33. The molecule has 3 nitrogen and oxygen atoms in total. The second kappa shape index (κ2) is 6.83. The average molecular weight is 261 g/mol. The Kier molecular flexibility index (Phi) is 5.11. The van der Waals surface area contributed by atoms with Crippen molar-refractivity contribution in [3.63, 3.8) is 0 Å². The van der Waals surface area contributed by atoms with Gasteiger partial charge in [-0.2, -0.15) is 0 Å². The molecule has 1 aliphatic heterocycles. The number of carbonyl (C=O) groups excluding carboxylic acids is 1. The molecule has 1 fully saturated rings. The van der Waals surface area contributed by atoms with Crippen molar-refractivity contribution in [2.45, 2.75) is 26.2 Å². The number of Topliss-reactive ketones (excluding diaryl/α,β-unsaturated/α-hetero) is 1. The van der Waals surface area contributed by atoms with Crippen LogP contribution in [0.25, 0.3) is 0 Å². The van der Waals surface area contributed by atoms with Crippen LogP contribution in [0, 0.1) is 6.92 Å². The Balaban J connectivity index is 2.07. The minimum absolute atomic E-state index is 0.0151. The number of hydrogen-bond acceptors (Lipinski definition) is 3. The summed E-state index contributed by atoms with van der Waals surface area (Å²) in [7, 11) is 0. The molecule has 1 aromatic carbocycles. The van der Waals surface area contributed by atoms with E-state index in [0.717, 1.165) is 44.8 Å². The predicted octanol–water partition coefficient (Wildman–Crippen LogP) is 2.39. The van der Waals surface area contributed by atoms with E-state index in [-0.39, 0.29) is 11.7 Å². The SMILES string of the molecule is CC(=O)[C@H](CN1CCCOCC1)c1ccc(C)cc1. The number of rotatable bonds is 4. The topological polar surface area (TPSA) is 29.5 Å². The molecule has 2 rings (SSSR count). The molecule has 0 N–H and O–H groups in total. The molecule has 0 spiro atoms. The molecule has 0 saturated carbocycles. The summed E-state index contributed by atoms with van der Waals surface area (Å²) in [5, 5.41) is 0. The van der Waals surface area contributed by atoms with Crippen LogP contribution in [0.2, 0.25) is 0 Å². The number of ketones is 1. The van der Waals surface area contributed by atoms with Crippen LogP contribution in [0.3, 0.4) is 0 Å². The third kappa shape index (κ3) is 4.15. The van der Waals surface area contributed by atoms with Crippen molar-refractivity contribution in [1.29, 1.82) is 0 Å². The summed E-state index contributed by atoms with van der Waals surface area (Å²) < 4.78 is 5.46. The summed E-state index contributed by atoms with van der Waals surface area (Å²) in [6.07, 6.45) is 1.05. The normalized spacial score (nSPS) is 18.8. The summed E-state index contributed by atoms with van der Waals surface area (Å²) in [5.41, 5.74) is 2.36. The maximum absolute atomic E-state index is 11.9. The standard InChI is InChI=1S/C16H23NO2/c1-13-4-6-15(7-5-13)16(14(2)18)12-17-8-3-10-19-11-9-17/h4-7,16H,3,8-12H2,1-2H3/t16-/m0/s1. The van der Waals surface area contributed by atoms with Crippen molar-refractivity contribution >= 4 is 5.78 Å². The zero-order valence-electron chi connectivity index (χ0n) is 11.9. The molecule has 3 heteroatoms. The molecular weight excluding hydrogens is 238 g/mol. The van der Waals surface area contributed by atoms with Crippen molar-refractivity contribution in [1.82, 2.24) is 4.90 Å². The molecule has 0 bridgehead atoms. The lowest BCUT2D eigenvalue weighted by Gasteiger charge is -2.24. The third-order valence-corrected chi connectivity index (χ3v) is 3.73. The molecule has 0 aliphatic carbocycles. The monoisotopic (exact) mass is 261 g/mol. The lowest BCUT2D eigenvalue weighted by atomic mass is 9.94. The summed E-state index contributed by atoms with van der Waals surface area (Å²) >= 11 is 0. The fourth-order valence-electron chi connectivity index (χ4n) is 2.51. The molecule has 0 amide bonds. The van der Waals surface area contributed by atoms with Gasteiger partial charge in [-0.05, 0) is 25.8 Å². The first-order chi connectivity index (χ1) is 9.16. The highest BCUT2D eigenvalue weighted by Crippen LogP contribution is 2.19. The smallest absolute Gasteiger partial charge is 0.138 e. The maximum Gasteiger partial charge on any atom is 0.138 e. The first kappa shape index (κ1) is 14.2. The Morgan fingerprint density at radius 3 is 2.68 bits per heavy atom. The van der Waals surface area contributed by atoms with Crippen LogP contribution in [-0.4, -0.2) is 43.5 Å². The zero-order chi connectivity index (χ0) is 13.7. The van der Waals surface area contributed by atoms with E-state index in [9.17, 15) is 4.79 Å². The zero-order valence-corrected chi connectivity index (χ0v) is 11.9. The van der Waals surface area contributed by atoms with Gasteiger partial charge in [0.1, 0.15) is 5.78 Å². The van der Waals surface area contributed by atoms with Crippen molar-refractivity contribution < 1.29 is 9.53 Å². The van der Waals surface area contributed by atoms with Gasteiger partial charge in [-0.3, -0.25) is 9.69 Å². The fraction of sp³-hybridized carbons (Fsp3) is 0.562. The molecule has 1 aliphatic rings. The van der Waals surface area contributed by atoms with Crippen LogP contribution in [0.15, 0.2) is 24.3 Å². The number of ether oxygens (including phenoxy) is 1. The van der Waals surface area contributed by atoms with Gasteiger partial charge in [0.15, 0.2) is 0 Å². The summed E-state index contributed by atoms with van der Waals surface area (Å²) in [6, 6.07) is 8.32. The second-order valence-corrected chi connectivity index (χ2v) is 5.34. The highest BCUT2D eigenvalue weighted by Gasteiger charge is 2.21. The number of benzene rings is 1. The summed E-state index contributed by atoms with van der Waals surface area (Å²) in [4.78, 5) is 14.3. The largest absolute Gasteiger partial charge is 0.380 e. The molecule has 104 valence electrons. The van der Waals surface area contributed by atoms with Crippen LogP contribution in [0.1, 0.15) is 30.4 Å². The van der Waals surface area contributed by atoms with E-state index in [1.165, 1.54) is 5.56 Å². The molecule has 1 aromatic rings. The molecular formula is C16H23NO2. The molecule has 1 atom stereocenters. The summed E-state index contributed by atoms with van der Waals surface area (Å²) in [5.74, 6) is 0.229. The molecule has 1 saturated heterocycles. The molecule has 0 unspecified atom stereocenters. The van der Waals surface area contributed by atoms with Gasteiger partial charge in [0.05, 0.1) is 12.5 Å². The van der Waals surface area contributed by atoms with E-state index >= 15 is 0 Å². The average Bonchev–Trinajstić information content (AvgIpc) is 2.65. The van der Waals surface area contributed by atoms with Crippen LogP contribution < -0.4 is 0 Å². The van der Waals surface area contributed by atoms with Gasteiger partial charge >= 0.3 is 0 Å². The van der Waals surface area contributed by atoms with Gasteiger partial charge in [0, 0.05) is 26.2 Å². The van der Waals surface area contributed by atoms with Crippen LogP contribution in [0.4, 0.5) is 0 Å². The van der Waals surface area contributed by atoms with Crippen LogP contribution in [-0.2, 0) is 9.53 Å². The minimum Gasteiger partial charge on any atom is -0.380 e.